The molecule has 0 heterocycles. The van der Waals surface area contributed by atoms with Crippen LogP contribution in [-0.4, -0.2) is 22.2 Å². The zero-order valence-electron chi connectivity index (χ0n) is 11.3. The number of benzene rings is 2. The van der Waals surface area contributed by atoms with Crippen molar-refractivity contribution in [2.45, 2.75) is 0 Å². The molecular weight excluding hydrogens is 306 g/mol. The molecule has 2 aromatic rings. The lowest BCUT2D eigenvalue weighted by molar-refractivity contribution is -0.110. The molecule has 2 aromatic carbocycles. The molecular formula is C15H12ClN3O3. The van der Waals surface area contributed by atoms with Crippen molar-refractivity contribution < 1.29 is 14.7 Å². The zero-order valence-corrected chi connectivity index (χ0v) is 12.0. The van der Waals surface area contributed by atoms with Gasteiger partial charge in [-0.05, 0) is 24.3 Å². The molecule has 1 amide bonds. The number of halogens is 1. The van der Waals surface area contributed by atoms with Crippen molar-refractivity contribution in [3.63, 3.8) is 0 Å². The molecule has 6 nitrogen and oxygen atoms in total. The smallest absolute Gasteiger partial charge is 0.337 e. The summed E-state index contributed by atoms with van der Waals surface area (Å²) in [6.07, 6.45) is 0. The molecule has 0 aliphatic carbocycles. The maximum absolute atomic E-state index is 11.8. The van der Waals surface area contributed by atoms with Gasteiger partial charge < -0.3 is 10.4 Å². The van der Waals surface area contributed by atoms with E-state index in [1.54, 1.807) is 36.4 Å². The van der Waals surface area contributed by atoms with Crippen LogP contribution in [0.15, 0.2) is 59.7 Å². The van der Waals surface area contributed by atoms with Crippen LogP contribution in [-0.2, 0) is 4.79 Å². The second-order valence-electron chi connectivity index (χ2n) is 4.19. The number of hydrazone groups is 1. The molecule has 7 heteroatoms. The number of amides is 1. The Balaban J connectivity index is 2.07. The Bertz CT molecular complexity index is 717. The van der Waals surface area contributed by atoms with Crippen LogP contribution < -0.4 is 10.7 Å². The van der Waals surface area contributed by atoms with Gasteiger partial charge in [-0.25, -0.2) is 4.79 Å². The van der Waals surface area contributed by atoms with Gasteiger partial charge in [0.15, 0.2) is 0 Å². The number of carboxylic acids is 1. The number of carboxylic acid groups (broad SMARTS) is 1. The summed E-state index contributed by atoms with van der Waals surface area (Å²) in [5, 5.41) is 14.9. The lowest BCUT2D eigenvalue weighted by atomic mass is 10.2. The summed E-state index contributed by atoms with van der Waals surface area (Å²) in [5.41, 5.74) is 3.31. The number of hydrogen-bond acceptors (Lipinski definition) is 4. The molecule has 0 spiro atoms. The van der Waals surface area contributed by atoms with Gasteiger partial charge in [-0.1, -0.05) is 41.9 Å². The van der Waals surface area contributed by atoms with E-state index in [4.69, 9.17) is 16.7 Å². The molecule has 0 aromatic heterocycles. The molecule has 0 atom stereocenters. The fourth-order valence-electron chi connectivity index (χ4n) is 1.63. The van der Waals surface area contributed by atoms with Crippen LogP contribution in [0.2, 0.25) is 0 Å². The summed E-state index contributed by atoms with van der Waals surface area (Å²) < 4.78 is 0. The van der Waals surface area contributed by atoms with Crippen LogP contribution in [0, 0.1) is 0 Å². The number of aromatic carboxylic acids is 1. The highest BCUT2D eigenvalue weighted by Gasteiger charge is 2.11. The Morgan fingerprint density at radius 2 is 1.64 bits per heavy atom. The fourth-order valence-corrected chi connectivity index (χ4v) is 1.72. The molecule has 2 rings (SSSR count). The van der Waals surface area contributed by atoms with E-state index in [1.807, 2.05) is 6.07 Å². The monoisotopic (exact) mass is 317 g/mol. The highest BCUT2D eigenvalue weighted by atomic mass is 35.5. The molecule has 112 valence electrons. The molecule has 0 aliphatic heterocycles. The first-order valence-electron chi connectivity index (χ1n) is 6.26. The predicted octanol–water partition coefficient (Wildman–Crippen LogP) is 2.99. The maximum atomic E-state index is 11.8. The van der Waals surface area contributed by atoms with Crippen LogP contribution in [0.5, 0.6) is 0 Å². The van der Waals surface area contributed by atoms with E-state index in [0.29, 0.717) is 5.69 Å². The van der Waals surface area contributed by atoms with Crippen molar-refractivity contribution in [2.75, 3.05) is 10.7 Å². The minimum absolute atomic E-state index is 0.0270. The van der Waals surface area contributed by atoms with E-state index in [1.165, 1.54) is 12.1 Å². The minimum atomic E-state index is -1.11. The van der Waals surface area contributed by atoms with Crippen molar-refractivity contribution in [3.8, 4) is 0 Å². The maximum Gasteiger partial charge on any atom is 0.337 e. The number of carbonyl (C=O) groups excluding carboxylic acids is 1. The molecule has 0 saturated heterocycles. The first-order chi connectivity index (χ1) is 10.6. The van der Waals surface area contributed by atoms with Crippen molar-refractivity contribution >= 4 is 40.0 Å². The Labute approximate surface area is 131 Å². The molecule has 0 radical (unpaired) electrons. The van der Waals surface area contributed by atoms with Crippen LogP contribution >= 0.6 is 11.6 Å². The van der Waals surface area contributed by atoms with Gasteiger partial charge in [0, 0.05) is 5.69 Å². The number of para-hydroxylation sites is 2. The van der Waals surface area contributed by atoms with Crippen LogP contribution in [0.4, 0.5) is 11.4 Å². The third-order valence-electron chi connectivity index (χ3n) is 2.65. The summed E-state index contributed by atoms with van der Waals surface area (Å²) >= 11 is 5.79. The second kappa shape index (κ2) is 7.24. The van der Waals surface area contributed by atoms with E-state index >= 15 is 0 Å². The van der Waals surface area contributed by atoms with Gasteiger partial charge in [-0.15, -0.1) is 0 Å². The van der Waals surface area contributed by atoms with Gasteiger partial charge in [0.05, 0.1) is 11.3 Å². The van der Waals surface area contributed by atoms with Gasteiger partial charge >= 0.3 is 5.97 Å². The number of hydrogen-bond donors (Lipinski definition) is 3. The van der Waals surface area contributed by atoms with E-state index in [2.05, 4.69) is 15.8 Å². The molecule has 0 saturated carbocycles. The minimum Gasteiger partial charge on any atom is -0.478 e. The highest BCUT2D eigenvalue weighted by molar-refractivity contribution is 6.84. The van der Waals surface area contributed by atoms with Crippen LogP contribution in [0.25, 0.3) is 0 Å². The van der Waals surface area contributed by atoms with E-state index in [-0.39, 0.29) is 16.4 Å². The number of rotatable bonds is 5. The molecule has 0 bridgehead atoms. The molecule has 0 aliphatic rings. The summed E-state index contributed by atoms with van der Waals surface area (Å²) in [4.78, 5) is 22.9. The van der Waals surface area contributed by atoms with E-state index < -0.39 is 11.9 Å². The van der Waals surface area contributed by atoms with Gasteiger partial charge in [-0.3, -0.25) is 10.2 Å². The van der Waals surface area contributed by atoms with Gasteiger partial charge in [0.2, 0.25) is 5.17 Å². The summed E-state index contributed by atoms with van der Waals surface area (Å²) in [6, 6.07) is 14.9. The Morgan fingerprint density at radius 3 is 2.32 bits per heavy atom. The first kappa shape index (κ1) is 15.5. The third kappa shape index (κ3) is 4.07. The average Bonchev–Trinajstić information content (AvgIpc) is 2.53. The van der Waals surface area contributed by atoms with Gasteiger partial charge in [0.1, 0.15) is 0 Å². The normalized spacial score (nSPS) is 10.9. The van der Waals surface area contributed by atoms with E-state index in [9.17, 15) is 9.59 Å². The van der Waals surface area contributed by atoms with Crippen LogP contribution in [0.3, 0.4) is 0 Å². The first-order valence-corrected chi connectivity index (χ1v) is 6.63. The predicted molar refractivity (Wildman–Crippen MR) is 85.4 cm³/mol. The Morgan fingerprint density at radius 1 is 1.00 bits per heavy atom. The number of nitrogens with one attached hydrogen (secondary N) is 2. The standard InChI is InChI=1S/C15H12ClN3O3/c16-13(14(20)17-10-6-2-1-3-7-10)19-18-12-9-5-4-8-11(12)15(21)22/h1-9,18H,(H,17,20)(H,21,22)/b19-13+. The lowest BCUT2D eigenvalue weighted by Gasteiger charge is -2.06. The van der Waals surface area contributed by atoms with Gasteiger partial charge in [-0.2, -0.15) is 5.10 Å². The molecule has 3 N–H and O–H groups in total. The number of carbonyl (C=O) groups is 2. The van der Waals surface area contributed by atoms with Crippen molar-refractivity contribution in [1.29, 1.82) is 0 Å². The molecule has 22 heavy (non-hydrogen) atoms. The topological polar surface area (TPSA) is 90.8 Å². The number of anilines is 2. The van der Waals surface area contributed by atoms with Crippen molar-refractivity contribution in [2.24, 2.45) is 5.10 Å². The summed E-state index contributed by atoms with van der Waals surface area (Å²) in [5.74, 6) is -1.71. The van der Waals surface area contributed by atoms with Crippen LogP contribution in [0.1, 0.15) is 10.4 Å². The summed E-state index contributed by atoms with van der Waals surface area (Å²) in [6.45, 7) is 0. The van der Waals surface area contributed by atoms with Crippen molar-refractivity contribution in [1.82, 2.24) is 0 Å². The lowest BCUT2D eigenvalue weighted by Crippen LogP contribution is -2.19. The third-order valence-corrected chi connectivity index (χ3v) is 2.91. The Hall–Kier alpha value is -2.86. The molecule has 0 unspecified atom stereocenters. The molecule has 0 fully saturated rings. The largest absolute Gasteiger partial charge is 0.478 e. The summed E-state index contributed by atoms with van der Waals surface area (Å²) in [7, 11) is 0. The second-order valence-corrected chi connectivity index (χ2v) is 4.54. The highest BCUT2D eigenvalue weighted by Crippen LogP contribution is 2.15. The zero-order chi connectivity index (χ0) is 15.9. The SMILES string of the molecule is O=C(Nc1ccccc1)/C(Cl)=N\Nc1ccccc1C(=O)O. The van der Waals surface area contributed by atoms with Gasteiger partial charge in [0.25, 0.3) is 5.91 Å². The van der Waals surface area contributed by atoms with E-state index in [0.717, 1.165) is 0 Å². The van der Waals surface area contributed by atoms with Crippen molar-refractivity contribution in [3.05, 3.63) is 60.2 Å². The Kier molecular flexibility index (Phi) is 5.11. The fraction of sp³-hybridized carbons (Fsp3) is 0. The number of nitrogens with zero attached hydrogens (tertiary/aromatic N) is 1. The quantitative estimate of drug-likeness (QED) is 0.584. The average molecular weight is 318 g/mol.